The number of rotatable bonds is 7. The normalized spacial score (nSPS) is 18.0. The van der Waals surface area contributed by atoms with Crippen LogP contribution in [0.3, 0.4) is 0 Å². The van der Waals surface area contributed by atoms with Crippen LogP contribution >= 0.6 is 12.4 Å². The van der Waals surface area contributed by atoms with Crippen molar-refractivity contribution in [3.8, 4) is 0 Å². The van der Waals surface area contributed by atoms with Crippen LogP contribution < -0.4 is 16.8 Å². The van der Waals surface area contributed by atoms with E-state index >= 15 is 0 Å². The Morgan fingerprint density at radius 3 is 2.00 bits per heavy atom. The standard InChI is InChI=1S/C17H24N2O3.C7H7NO2.ClH/c18-11-13-6-8-14(9-7-13)16(20)19-15(17(21)22)10-12-4-2-1-3-5-12;8-6-3-1-5(2-4-6)7(9)10;/h1-5,13-15H,6-11,18H2,(H,19,20)(H,21,22);1-4H,8H2,(H,9,10);1H/t13-,14-,15-;;/m0../s1. The zero-order valence-corrected chi connectivity index (χ0v) is 19.2. The second kappa shape index (κ2) is 14.1. The fourth-order valence-electron chi connectivity index (χ4n) is 3.63. The molecule has 8 nitrogen and oxygen atoms in total. The number of anilines is 1. The number of aliphatic carboxylic acids is 1. The van der Waals surface area contributed by atoms with E-state index < -0.39 is 18.0 Å². The van der Waals surface area contributed by atoms with Gasteiger partial charge in [-0.25, -0.2) is 9.59 Å². The third-order valence-electron chi connectivity index (χ3n) is 5.61. The van der Waals surface area contributed by atoms with Gasteiger partial charge in [-0.2, -0.15) is 0 Å². The maximum absolute atomic E-state index is 12.3. The van der Waals surface area contributed by atoms with E-state index in [1.165, 1.54) is 12.1 Å². The second-order valence-electron chi connectivity index (χ2n) is 7.97. The summed E-state index contributed by atoms with van der Waals surface area (Å²) in [6, 6.07) is 14.5. The average molecular weight is 478 g/mol. The van der Waals surface area contributed by atoms with Gasteiger partial charge in [0.25, 0.3) is 0 Å². The molecule has 0 spiro atoms. The zero-order chi connectivity index (χ0) is 23.5. The molecule has 33 heavy (non-hydrogen) atoms. The molecule has 1 saturated carbocycles. The molecule has 1 aliphatic rings. The Hall–Kier alpha value is -3.10. The van der Waals surface area contributed by atoms with E-state index in [0.717, 1.165) is 31.2 Å². The highest BCUT2D eigenvalue weighted by molar-refractivity contribution is 5.88. The molecule has 1 aliphatic carbocycles. The number of hydrogen-bond acceptors (Lipinski definition) is 5. The van der Waals surface area contributed by atoms with Crippen molar-refractivity contribution in [1.82, 2.24) is 5.32 Å². The van der Waals surface area contributed by atoms with Gasteiger partial charge in [-0.3, -0.25) is 4.79 Å². The van der Waals surface area contributed by atoms with Crippen molar-refractivity contribution in [2.24, 2.45) is 17.6 Å². The van der Waals surface area contributed by atoms with E-state index in [1.807, 2.05) is 30.3 Å². The third-order valence-corrected chi connectivity index (χ3v) is 5.61. The highest BCUT2D eigenvalue weighted by atomic mass is 35.5. The van der Waals surface area contributed by atoms with Crippen molar-refractivity contribution in [3.05, 3.63) is 65.7 Å². The number of benzene rings is 2. The molecule has 0 bridgehead atoms. The number of halogens is 1. The van der Waals surface area contributed by atoms with Gasteiger partial charge in [0.05, 0.1) is 5.56 Å². The minimum absolute atomic E-state index is 0. The lowest BCUT2D eigenvalue weighted by atomic mass is 9.81. The van der Waals surface area contributed by atoms with Crippen LogP contribution in [0.1, 0.15) is 41.6 Å². The van der Waals surface area contributed by atoms with Crippen LogP contribution in [0.4, 0.5) is 5.69 Å². The molecular formula is C24H32ClN3O5. The Bertz CT molecular complexity index is 885. The van der Waals surface area contributed by atoms with Crippen molar-refractivity contribution < 1.29 is 24.6 Å². The first-order chi connectivity index (χ1) is 15.3. The van der Waals surface area contributed by atoms with E-state index in [1.54, 1.807) is 12.1 Å². The van der Waals surface area contributed by atoms with Gasteiger partial charge < -0.3 is 27.0 Å². The topological polar surface area (TPSA) is 156 Å². The van der Waals surface area contributed by atoms with Gasteiger partial charge in [0.2, 0.25) is 5.91 Å². The van der Waals surface area contributed by atoms with Crippen LogP contribution in [0.5, 0.6) is 0 Å². The Balaban J connectivity index is 0.000000417. The lowest BCUT2D eigenvalue weighted by molar-refractivity contribution is -0.142. The van der Waals surface area contributed by atoms with Crippen molar-refractivity contribution in [1.29, 1.82) is 0 Å². The molecule has 1 amide bonds. The number of carboxylic acid groups (broad SMARTS) is 2. The molecule has 0 aliphatic heterocycles. The monoisotopic (exact) mass is 477 g/mol. The number of carboxylic acids is 2. The number of amides is 1. The summed E-state index contributed by atoms with van der Waals surface area (Å²) in [6.45, 7) is 0.667. The molecule has 2 aromatic rings. The van der Waals surface area contributed by atoms with E-state index in [9.17, 15) is 19.5 Å². The molecule has 0 radical (unpaired) electrons. The van der Waals surface area contributed by atoms with Crippen LogP contribution in [0.15, 0.2) is 54.6 Å². The quantitative estimate of drug-likeness (QED) is 0.384. The van der Waals surface area contributed by atoms with Crippen LogP contribution in [-0.2, 0) is 16.0 Å². The summed E-state index contributed by atoms with van der Waals surface area (Å²) in [7, 11) is 0. The Labute approximate surface area is 199 Å². The summed E-state index contributed by atoms with van der Waals surface area (Å²) in [6.07, 6.45) is 3.80. The van der Waals surface area contributed by atoms with E-state index in [4.69, 9.17) is 16.6 Å². The van der Waals surface area contributed by atoms with Gasteiger partial charge in [-0.15, -0.1) is 12.4 Å². The average Bonchev–Trinajstić information content (AvgIpc) is 2.80. The van der Waals surface area contributed by atoms with Gasteiger partial charge in [0, 0.05) is 18.0 Å². The Kier molecular flexibility index (Phi) is 12.0. The highest BCUT2D eigenvalue weighted by Gasteiger charge is 2.29. The maximum Gasteiger partial charge on any atom is 0.335 e. The first-order valence-corrected chi connectivity index (χ1v) is 10.7. The van der Waals surface area contributed by atoms with Gasteiger partial charge in [0.15, 0.2) is 0 Å². The number of nitrogen functional groups attached to an aromatic ring is 1. The van der Waals surface area contributed by atoms with Gasteiger partial charge in [-0.05, 0) is 68.0 Å². The molecule has 0 saturated heterocycles. The smallest absolute Gasteiger partial charge is 0.335 e. The summed E-state index contributed by atoms with van der Waals surface area (Å²) >= 11 is 0. The van der Waals surface area contributed by atoms with E-state index in [-0.39, 0.29) is 29.8 Å². The summed E-state index contributed by atoms with van der Waals surface area (Å²) in [4.78, 5) is 34.0. The van der Waals surface area contributed by atoms with Gasteiger partial charge in [0.1, 0.15) is 6.04 Å². The molecule has 1 fully saturated rings. The minimum Gasteiger partial charge on any atom is -0.480 e. The van der Waals surface area contributed by atoms with Crippen LogP contribution in [-0.4, -0.2) is 40.6 Å². The zero-order valence-electron chi connectivity index (χ0n) is 18.4. The summed E-state index contributed by atoms with van der Waals surface area (Å²) in [5, 5.41) is 20.5. The fraction of sp³-hybridized carbons (Fsp3) is 0.375. The number of nitrogens with one attached hydrogen (secondary N) is 1. The number of carbonyl (C=O) groups is 3. The molecule has 7 N–H and O–H groups in total. The van der Waals surface area contributed by atoms with Crippen molar-refractivity contribution >= 4 is 35.9 Å². The molecule has 3 rings (SSSR count). The first-order valence-electron chi connectivity index (χ1n) is 10.7. The van der Waals surface area contributed by atoms with Crippen molar-refractivity contribution in [2.45, 2.75) is 38.1 Å². The summed E-state index contributed by atoms with van der Waals surface area (Å²) in [5.74, 6) is -1.64. The number of aromatic carboxylic acids is 1. The van der Waals surface area contributed by atoms with Crippen molar-refractivity contribution in [2.75, 3.05) is 12.3 Å². The molecule has 2 aromatic carbocycles. The Morgan fingerprint density at radius 2 is 1.52 bits per heavy atom. The SMILES string of the molecule is Cl.NC[C@H]1CC[C@H](C(=O)N[C@@H](Cc2ccccc2)C(=O)O)CC1.Nc1ccc(C(=O)O)cc1. The molecule has 0 heterocycles. The number of carbonyl (C=O) groups excluding carboxylic acids is 1. The van der Waals surface area contributed by atoms with Gasteiger partial charge >= 0.3 is 11.9 Å². The van der Waals surface area contributed by atoms with Crippen LogP contribution in [0.2, 0.25) is 0 Å². The van der Waals surface area contributed by atoms with Gasteiger partial charge in [-0.1, -0.05) is 30.3 Å². The number of hydrogen-bond donors (Lipinski definition) is 5. The largest absolute Gasteiger partial charge is 0.480 e. The summed E-state index contributed by atoms with van der Waals surface area (Å²) in [5.41, 5.74) is 12.7. The minimum atomic E-state index is -0.993. The molecule has 180 valence electrons. The second-order valence-corrected chi connectivity index (χ2v) is 7.97. The lowest BCUT2D eigenvalue weighted by Crippen LogP contribution is -2.45. The van der Waals surface area contributed by atoms with Crippen LogP contribution in [0.25, 0.3) is 0 Å². The van der Waals surface area contributed by atoms with E-state index in [2.05, 4.69) is 5.32 Å². The molecule has 1 atom stereocenters. The fourth-order valence-corrected chi connectivity index (χ4v) is 3.63. The predicted octanol–water partition coefficient (Wildman–Crippen LogP) is 2.95. The first kappa shape index (κ1) is 27.9. The Morgan fingerprint density at radius 1 is 0.939 bits per heavy atom. The third kappa shape index (κ3) is 9.51. The highest BCUT2D eigenvalue weighted by Crippen LogP contribution is 2.28. The van der Waals surface area contributed by atoms with Crippen molar-refractivity contribution in [3.63, 3.8) is 0 Å². The number of nitrogens with two attached hydrogens (primary N) is 2. The molecular weight excluding hydrogens is 446 g/mol. The van der Waals surface area contributed by atoms with E-state index in [0.29, 0.717) is 24.6 Å². The predicted molar refractivity (Wildman–Crippen MR) is 129 cm³/mol. The maximum atomic E-state index is 12.3. The molecule has 9 heteroatoms. The molecule has 0 unspecified atom stereocenters. The van der Waals surface area contributed by atoms with Crippen LogP contribution in [0, 0.1) is 11.8 Å². The summed E-state index contributed by atoms with van der Waals surface area (Å²) < 4.78 is 0. The molecule has 0 aromatic heterocycles. The lowest BCUT2D eigenvalue weighted by Gasteiger charge is -2.27.